The van der Waals surface area contributed by atoms with E-state index in [1.165, 1.54) is 31.5 Å². The number of hydrogen-bond acceptors (Lipinski definition) is 7. The zero-order chi connectivity index (χ0) is 23.5. The molecule has 0 aromatic heterocycles. The van der Waals surface area contributed by atoms with Crippen molar-refractivity contribution in [2.75, 3.05) is 32.8 Å². The topological polar surface area (TPSA) is 95.5 Å². The molecule has 0 bridgehead atoms. The fourth-order valence-electron chi connectivity index (χ4n) is 6.11. The lowest BCUT2D eigenvalue weighted by atomic mass is 9.93. The number of nitrogens with two attached hydrogens (primary N) is 1. The normalized spacial score (nSPS) is 33.6. The fraction of sp³-hybridized carbons (Fsp3) is 0.731. The highest BCUT2D eigenvalue weighted by Gasteiger charge is 2.46. The third kappa shape index (κ3) is 5.08. The maximum atomic E-state index is 13.1. The van der Waals surface area contributed by atoms with Crippen molar-refractivity contribution < 1.29 is 9.53 Å². The number of nitrogens with one attached hydrogen (secondary N) is 1. The Bertz CT molecular complexity index is 875. The van der Waals surface area contributed by atoms with Crippen molar-refractivity contribution in [1.29, 1.82) is 0 Å². The molecule has 8 nitrogen and oxygen atoms in total. The van der Waals surface area contributed by atoms with Crippen LogP contribution in [0.15, 0.2) is 33.8 Å². The monoisotopic (exact) mass is 468 g/mol. The van der Waals surface area contributed by atoms with Crippen LogP contribution in [0.3, 0.4) is 0 Å². The Morgan fingerprint density at radius 2 is 2.06 bits per heavy atom. The van der Waals surface area contributed by atoms with Gasteiger partial charge in [0, 0.05) is 19.1 Å². The minimum atomic E-state index is -0.623. The third-order valence-corrected chi connectivity index (χ3v) is 7.88. The number of amides is 1. The summed E-state index contributed by atoms with van der Waals surface area (Å²) in [5.41, 5.74) is 7.81. The smallest absolute Gasteiger partial charge is 0.248 e. The van der Waals surface area contributed by atoms with Crippen molar-refractivity contribution in [2.45, 2.75) is 76.7 Å². The summed E-state index contributed by atoms with van der Waals surface area (Å²) in [6.07, 6.45) is 15.1. The summed E-state index contributed by atoms with van der Waals surface area (Å²) in [4.78, 5) is 27.5. The molecule has 3 aliphatic heterocycles. The quantitative estimate of drug-likeness (QED) is 0.534. The van der Waals surface area contributed by atoms with Gasteiger partial charge in [0.1, 0.15) is 17.7 Å². The molecule has 8 heteroatoms. The number of aliphatic imine (C=N–C) groups is 2. The fourth-order valence-corrected chi connectivity index (χ4v) is 6.11. The molecule has 5 atom stereocenters. The molecule has 2 saturated heterocycles. The molecular weight excluding hydrogens is 428 g/mol. The van der Waals surface area contributed by atoms with Crippen LogP contribution in [0.1, 0.15) is 58.3 Å². The van der Waals surface area contributed by atoms with Crippen molar-refractivity contribution in [3.8, 4) is 0 Å². The number of nitrogens with zero attached hydrogens (tertiary/aromatic N) is 4. The Morgan fingerprint density at radius 3 is 2.88 bits per heavy atom. The largest absolute Gasteiger partial charge is 0.385 e. The number of amidine groups is 2. The highest BCUT2D eigenvalue weighted by atomic mass is 16.5. The Labute approximate surface area is 203 Å². The van der Waals surface area contributed by atoms with E-state index in [1.807, 2.05) is 0 Å². The number of ether oxygens (including phenoxy) is 1. The highest BCUT2D eigenvalue weighted by Crippen LogP contribution is 2.35. The molecular formula is C26H40N6O2. The van der Waals surface area contributed by atoms with Gasteiger partial charge in [0.05, 0.1) is 12.5 Å². The van der Waals surface area contributed by atoms with Crippen LogP contribution in [0, 0.1) is 11.8 Å². The van der Waals surface area contributed by atoms with Crippen molar-refractivity contribution in [3.63, 3.8) is 0 Å². The maximum Gasteiger partial charge on any atom is 0.248 e. The van der Waals surface area contributed by atoms with Crippen LogP contribution in [0.5, 0.6) is 0 Å². The van der Waals surface area contributed by atoms with Crippen LogP contribution in [-0.2, 0) is 9.53 Å². The van der Waals surface area contributed by atoms with Crippen molar-refractivity contribution >= 4 is 17.6 Å². The van der Waals surface area contributed by atoms with E-state index in [2.05, 4.69) is 45.3 Å². The molecule has 0 radical (unpaired) electrons. The Kier molecular flexibility index (Phi) is 7.34. The molecule has 3 N–H and O–H groups in total. The summed E-state index contributed by atoms with van der Waals surface area (Å²) in [6.45, 7) is 7.03. The molecule has 1 saturated carbocycles. The Hall–Kier alpha value is -2.19. The van der Waals surface area contributed by atoms with Crippen LogP contribution in [-0.4, -0.2) is 78.6 Å². The summed E-state index contributed by atoms with van der Waals surface area (Å²) >= 11 is 0. The van der Waals surface area contributed by atoms with Gasteiger partial charge in [-0.3, -0.25) is 9.69 Å². The predicted molar refractivity (Wildman–Crippen MR) is 134 cm³/mol. The summed E-state index contributed by atoms with van der Waals surface area (Å²) in [5.74, 6) is 1.69. The van der Waals surface area contributed by atoms with E-state index in [0.29, 0.717) is 18.4 Å². The number of carbonyl (C=O) groups is 1. The second kappa shape index (κ2) is 10.6. The summed E-state index contributed by atoms with van der Waals surface area (Å²) in [6, 6.07) is -0.302. The number of fused-ring (bicyclic) bond motifs is 2. The first-order chi connectivity index (χ1) is 16.6. The third-order valence-electron chi connectivity index (χ3n) is 7.88. The van der Waals surface area contributed by atoms with Crippen LogP contribution < -0.4 is 11.1 Å². The van der Waals surface area contributed by atoms with E-state index >= 15 is 0 Å². The maximum absolute atomic E-state index is 13.1. The van der Waals surface area contributed by atoms with Gasteiger partial charge in [-0.05, 0) is 63.1 Å². The first-order valence-electron chi connectivity index (χ1n) is 13.3. The standard InChI is InChI=1S/C26H40N6O2/c1-2-3-14-34-26-29-23(27)22-24(30-26)32(21-11-7-10-20(21)25(33)28-22)17-19-9-6-8-18(15-19)16-31-12-4-5-13-31/h6,8,15,19-22,26H,2-5,7,9-14,16-17H2,1H3,(H2,27,29)(H,28,33). The zero-order valence-corrected chi connectivity index (χ0v) is 20.5. The molecule has 1 amide bonds. The minimum Gasteiger partial charge on any atom is -0.385 e. The Balaban J connectivity index is 1.39. The van der Waals surface area contributed by atoms with Crippen LogP contribution in [0.2, 0.25) is 0 Å². The predicted octanol–water partition coefficient (Wildman–Crippen LogP) is 2.42. The molecule has 0 aromatic rings. The average molecular weight is 469 g/mol. The van der Waals surface area contributed by atoms with Crippen molar-refractivity contribution in [1.82, 2.24) is 15.1 Å². The first-order valence-corrected chi connectivity index (χ1v) is 13.3. The molecule has 3 heterocycles. The molecule has 0 spiro atoms. The van der Waals surface area contributed by atoms with Gasteiger partial charge in [-0.15, -0.1) is 0 Å². The van der Waals surface area contributed by atoms with Gasteiger partial charge in [0.15, 0.2) is 0 Å². The number of likely N-dealkylation sites (tertiary alicyclic amines) is 1. The number of hydrogen-bond donors (Lipinski definition) is 2. The zero-order valence-electron chi connectivity index (χ0n) is 20.5. The van der Waals surface area contributed by atoms with Gasteiger partial charge in [-0.2, -0.15) is 0 Å². The average Bonchev–Trinajstić information content (AvgIpc) is 3.50. The first kappa shape index (κ1) is 23.5. The molecule has 5 rings (SSSR count). The molecule has 0 aromatic carbocycles. The Morgan fingerprint density at radius 1 is 1.21 bits per heavy atom. The number of allylic oxidation sites excluding steroid dienone is 1. The lowest BCUT2D eigenvalue weighted by molar-refractivity contribution is -0.125. The van der Waals surface area contributed by atoms with Gasteiger partial charge in [-0.1, -0.05) is 38.0 Å². The van der Waals surface area contributed by atoms with Crippen LogP contribution in [0.25, 0.3) is 0 Å². The van der Waals surface area contributed by atoms with Gasteiger partial charge in [0.25, 0.3) is 0 Å². The molecule has 34 heavy (non-hydrogen) atoms. The molecule has 3 fully saturated rings. The number of rotatable bonds is 8. The highest BCUT2D eigenvalue weighted by molar-refractivity contribution is 6.13. The second-order valence-electron chi connectivity index (χ2n) is 10.4. The van der Waals surface area contributed by atoms with Gasteiger partial charge < -0.3 is 20.7 Å². The SMILES string of the molecule is CCCCOC1N=C(N)C2NC(=O)C3CCCC3N(CC3C=C(CN4CCCC4)C=CC3)C2=N1. The van der Waals surface area contributed by atoms with E-state index in [9.17, 15) is 4.79 Å². The van der Waals surface area contributed by atoms with Gasteiger partial charge in [-0.25, -0.2) is 9.98 Å². The summed E-state index contributed by atoms with van der Waals surface area (Å²) in [7, 11) is 0. The second-order valence-corrected chi connectivity index (χ2v) is 10.4. The van der Waals surface area contributed by atoms with Gasteiger partial charge in [0.2, 0.25) is 12.3 Å². The molecule has 5 aliphatic rings. The van der Waals surface area contributed by atoms with E-state index in [1.54, 1.807) is 0 Å². The summed E-state index contributed by atoms with van der Waals surface area (Å²) < 4.78 is 5.93. The van der Waals surface area contributed by atoms with E-state index in [4.69, 9.17) is 15.5 Å². The van der Waals surface area contributed by atoms with Crippen molar-refractivity contribution in [3.05, 3.63) is 23.8 Å². The molecule has 5 unspecified atom stereocenters. The van der Waals surface area contributed by atoms with E-state index in [-0.39, 0.29) is 17.9 Å². The van der Waals surface area contributed by atoms with E-state index in [0.717, 1.165) is 57.5 Å². The molecule has 2 aliphatic carbocycles. The summed E-state index contributed by atoms with van der Waals surface area (Å²) in [5, 5.41) is 3.16. The lowest BCUT2D eigenvalue weighted by Crippen LogP contribution is -2.56. The minimum absolute atomic E-state index is 0.0206. The number of unbranched alkanes of at least 4 members (excludes halogenated alkanes) is 1. The van der Waals surface area contributed by atoms with Crippen LogP contribution >= 0.6 is 0 Å². The van der Waals surface area contributed by atoms with Crippen molar-refractivity contribution in [2.24, 2.45) is 27.6 Å². The molecule has 186 valence electrons. The van der Waals surface area contributed by atoms with E-state index < -0.39 is 12.4 Å². The van der Waals surface area contributed by atoms with Crippen LogP contribution in [0.4, 0.5) is 0 Å². The number of carbonyl (C=O) groups excluding carboxylic acids is 1. The van der Waals surface area contributed by atoms with Gasteiger partial charge >= 0.3 is 0 Å². The lowest BCUT2D eigenvalue weighted by Gasteiger charge is -2.38.